The number of likely N-dealkylation sites (tertiary alicyclic amines) is 1. The van der Waals surface area contributed by atoms with Crippen LogP contribution in [0.25, 0.3) is 0 Å². The molecular weight excluding hydrogens is 280 g/mol. The fourth-order valence-corrected chi connectivity index (χ4v) is 3.74. The number of anilines is 1. The lowest BCUT2D eigenvalue weighted by Crippen LogP contribution is -2.31. The van der Waals surface area contributed by atoms with Crippen molar-refractivity contribution in [1.29, 1.82) is 0 Å². The highest BCUT2D eigenvalue weighted by atomic mass is 16.3. The van der Waals surface area contributed by atoms with Crippen LogP contribution in [0.5, 0.6) is 0 Å². The number of hydrogen-bond donors (Lipinski definition) is 0. The minimum atomic E-state index is 0.0829. The number of aromatic nitrogens is 2. The van der Waals surface area contributed by atoms with Gasteiger partial charge in [-0.15, -0.1) is 0 Å². The van der Waals surface area contributed by atoms with E-state index in [4.69, 9.17) is 4.42 Å². The first-order valence-electron chi connectivity index (χ1n) is 7.67. The molecule has 2 aromatic rings. The summed E-state index contributed by atoms with van der Waals surface area (Å²) in [6, 6.07) is 3.93. The fraction of sp³-hybridized carbons (Fsp3) is 0.500. The van der Waals surface area contributed by atoms with E-state index < -0.39 is 0 Å². The van der Waals surface area contributed by atoms with Gasteiger partial charge in [-0.2, -0.15) is 5.10 Å². The molecule has 1 spiro atoms. The van der Waals surface area contributed by atoms with Crippen LogP contribution in [0.3, 0.4) is 0 Å². The molecule has 4 rings (SSSR count). The Balaban J connectivity index is 1.46. The lowest BCUT2D eigenvalue weighted by molar-refractivity contribution is -0.117. The number of carbonyl (C=O) groups is 1. The second-order valence-corrected chi connectivity index (χ2v) is 6.57. The Labute approximate surface area is 129 Å². The molecule has 6 heteroatoms. The van der Waals surface area contributed by atoms with E-state index >= 15 is 0 Å². The third-order valence-electron chi connectivity index (χ3n) is 4.80. The Morgan fingerprint density at radius 2 is 2.32 bits per heavy atom. The predicted octanol–water partition coefficient (Wildman–Crippen LogP) is 1.64. The highest BCUT2D eigenvalue weighted by Gasteiger charge is 2.47. The van der Waals surface area contributed by atoms with Crippen molar-refractivity contribution in [1.82, 2.24) is 14.7 Å². The molecule has 1 amide bonds. The number of nitrogens with zero attached hydrogens (tertiary/aromatic N) is 4. The maximum atomic E-state index is 12.4. The summed E-state index contributed by atoms with van der Waals surface area (Å²) >= 11 is 0. The molecule has 0 aliphatic carbocycles. The van der Waals surface area contributed by atoms with Gasteiger partial charge >= 0.3 is 0 Å². The highest BCUT2D eigenvalue weighted by Crippen LogP contribution is 2.42. The van der Waals surface area contributed by atoms with E-state index in [0.717, 1.165) is 44.0 Å². The van der Waals surface area contributed by atoms with E-state index in [1.165, 1.54) is 0 Å². The smallest absolute Gasteiger partial charge is 0.227 e. The number of amides is 1. The van der Waals surface area contributed by atoms with E-state index in [0.29, 0.717) is 6.42 Å². The van der Waals surface area contributed by atoms with Crippen LogP contribution in [0, 0.1) is 5.41 Å². The molecule has 1 unspecified atom stereocenters. The van der Waals surface area contributed by atoms with Gasteiger partial charge in [-0.25, -0.2) is 0 Å². The van der Waals surface area contributed by atoms with Crippen LogP contribution < -0.4 is 4.90 Å². The van der Waals surface area contributed by atoms with Gasteiger partial charge in [0.1, 0.15) is 5.76 Å². The standard InChI is InChI=1S/C16H20N4O2/c1-18-9-13(8-17-18)20-12-16(7-15(20)21)4-5-19(11-16)10-14-3-2-6-22-14/h2-3,6,8-9H,4-5,7,10-12H2,1H3. The zero-order valence-electron chi connectivity index (χ0n) is 12.7. The normalized spacial score (nSPS) is 25.7. The number of hydrogen-bond acceptors (Lipinski definition) is 4. The molecule has 1 atom stereocenters. The van der Waals surface area contributed by atoms with Crippen molar-refractivity contribution in [3.63, 3.8) is 0 Å². The third kappa shape index (κ3) is 2.33. The Bertz CT molecular complexity index is 678. The maximum Gasteiger partial charge on any atom is 0.227 e. The molecule has 0 N–H and O–H groups in total. The minimum absolute atomic E-state index is 0.0829. The number of aryl methyl sites for hydroxylation is 1. The molecule has 6 nitrogen and oxygen atoms in total. The first-order valence-corrected chi connectivity index (χ1v) is 7.67. The summed E-state index contributed by atoms with van der Waals surface area (Å²) in [5, 5.41) is 4.18. The van der Waals surface area contributed by atoms with Crippen molar-refractivity contribution in [2.24, 2.45) is 12.5 Å². The summed E-state index contributed by atoms with van der Waals surface area (Å²) in [4.78, 5) is 16.7. The van der Waals surface area contributed by atoms with E-state index in [9.17, 15) is 4.79 Å². The van der Waals surface area contributed by atoms with E-state index in [1.807, 2.05) is 30.3 Å². The molecule has 2 aliphatic rings. The number of furan rings is 1. The molecule has 0 aromatic carbocycles. The van der Waals surface area contributed by atoms with Crippen molar-refractivity contribution < 1.29 is 9.21 Å². The summed E-state index contributed by atoms with van der Waals surface area (Å²) in [5.41, 5.74) is 0.994. The van der Waals surface area contributed by atoms with Crippen LogP contribution in [0.1, 0.15) is 18.6 Å². The lowest BCUT2D eigenvalue weighted by atomic mass is 9.86. The Morgan fingerprint density at radius 1 is 1.41 bits per heavy atom. The first kappa shape index (κ1) is 13.6. The second kappa shape index (κ2) is 4.98. The van der Waals surface area contributed by atoms with Crippen LogP contribution >= 0.6 is 0 Å². The van der Waals surface area contributed by atoms with Crippen LogP contribution in [-0.2, 0) is 18.4 Å². The number of carbonyl (C=O) groups excluding carboxylic acids is 1. The molecule has 2 saturated heterocycles. The average molecular weight is 300 g/mol. The Kier molecular flexibility index (Phi) is 3.07. The molecule has 22 heavy (non-hydrogen) atoms. The second-order valence-electron chi connectivity index (χ2n) is 6.57. The van der Waals surface area contributed by atoms with Crippen LogP contribution in [-0.4, -0.2) is 40.2 Å². The van der Waals surface area contributed by atoms with Gasteiger partial charge in [-0.1, -0.05) is 0 Å². The van der Waals surface area contributed by atoms with Gasteiger partial charge < -0.3 is 9.32 Å². The van der Waals surface area contributed by atoms with Gasteiger partial charge in [0.05, 0.1) is 24.7 Å². The molecule has 4 heterocycles. The topological polar surface area (TPSA) is 54.5 Å². The van der Waals surface area contributed by atoms with Crippen molar-refractivity contribution in [3.8, 4) is 0 Å². The maximum absolute atomic E-state index is 12.4. The summed E-state index contributed by atoms with van der Waals surface area (Å²) in [6.07, 6.45) is 7.09. The third-order valence-corrected chi connectivity index (χ3v) is 4.80. The highest BCUT2D eigenvalue weighted by molar-refractivity contribution is 5.96. The van der Waals surface area contributed by atoms with Crippen molar-refractivity contribution in [2.45, 2.75) is 19.4 Å². The molecule has 0 radical (unpaired) electrons. The summed E-state index contributed by atoms with van der Waals surface area (Å²) in [5.74, 6) is 1.21. The van der Waals surface area contributed by atoms with Gasteiger partial charge in [0.25, 0.3) is 0 Å². The number of rotatable bonds is 3. The van der Waals surface area contributed by atoms with Gasteiger partial charge in [-0.05, 0) is 25.1 Å². The predicted molar refractivity (Wildman–Crippen MR) is 81.2 cm³/mol. The quantitative estimate of drug-likeness (QED) is 0.865. The van der Waals surface area contributed by atoms with E-state index in [-0.39, 0.29) is 11.3 Å². The van der Waals surface area contributed by atoms with Gasteiger partial charge in [0.2, 0.25) is 5.91 Å². The lowest BCUT2D eigenvalue weighted by Gasteiger charge is -2.23. The Morgan fingerprint density at radius 3 is 3.05 bits per heavy atom. The largest absolute Gasteiger partial charge is 0.468 e. The molecular formula is C16H20N4O2. The van der Waals surface area contributed by atoms with Crippen LogP contribution in [0.2, 0.25) is 0 Å². The van der Waals surface area contributed by atoms with Crippen molar-refractivity contribution in [2.75, 3.05) is 24.5 Å². The molecule has 0 saturated carbocycles. The SMILES string of the molecule is Cn1cc(N2CC3(CCN(Cc4ccco4)C3)CC2=O)cn1. The summed E-state index contributed by atoms with van der Waals surface area (Å²) < 4.78 is 7.17. The van der Waals surface area contributed by atoms with Crippen LogP contribution in [0.15, 0.2) is 35.2 Å². The van der Waals surface area contributed by atoms with Crippen molar-refractivity contribution in [3.05, 3.63) is 36.5 Å². The zero-order valence-corrected chi connectivity index (χ0v) is 12.7. The summed E-state index contributed by atoms with van der Waals surface area (Å²) in [6.45, 7) is 3.60. The fourth-order valence-electron chi connectivity index (χ4n) is 3.74. The zero-order chi connectivity index (χ0) is 15.2. The molecule has 0 bridgehead atoms. The van der Waals surface area contributed by atoms with Gasteiger partial charge in [-0.3, -0.25) is 14.4 Å². The monoisotopic (exact) mass is 300 g/mol. The Hall–Kier alpha value is -2.08. The minimum Gasteiger partial charge on any atom is -0.468 e. The first-order chi connectivity index (χ1) is 10.6. The molecule has 116 valence electrons. The summed E-state index contributed by atoms with van der Waals surface area (Å²) in [7, 11) is 1.88. The van der Waals surface area contributed by atoms with E-state index in [1.54, 1.807) is 17.1 Å². The molecule has 2 fully saturated rings. The molecule has 2 aromatic heterocycles. The average Bonchev–Trinajstić information content (AvgIpc) is 3.22. The van der Waals surface area contributed by atoms with E-state index in [2.05, 4.69) is 10.00 Å². The van der Waals surface area contributed by atoms with Crippen molar-refractivity contribution >= 4 is 11.6 Å². The van der Waals surface area contributed by atoms with Crippen LogP contribution in [0.4, 0.5) is 5.69 Å². The van der Waals surface area contributed by atoms with Gasteiger partial charge in [0, 0.05) is 38.2 Å². The molecule has 2 aliphatic heterocycles. The van der Waals surface area contributed by atoms with Gasteiger partial charge in [0.15, 0.2) is 0 Å².